The minimum Gasteiger partial charge on any atom is -0.375 e. The minimum absolute atomic E-state index is 0.0858. The summed E-state index contributed by atoms with van der Waals surface area (Å²) in [6.45, 7) is 6.93. The van der Waals surface area contributed by atoms with E-state index in [9.17, 15) is 0 Å². The molecule has 0 radical (unpaired) electrons. The summed E-state index contributed by atoms with van der Waals surface area (Å²) >= 11 is 12.2. The minimum atomic E-state index is -0.0858. The molecule has 2 aromatic rings. The molecule has 0 bridgehead atoms. The molecular weight excluding hydrogens is 397 g/mol. The highest BCUT2D eigenvalue weighted by molar-refractivity contribution is 6.35. The molecule has 0 spiro atoms. The zero-order valence-corrected chi connectivity index (χ0v) is 17.5. The second kappa shape index (κ2) is 9.45. The van der Waals surface area contributed by atoms with Crippen LogP contribution < -0.4 is 16.0 Å². The Morgan fingerprint density at radius 3 is 2.89 bits per heavy atom. The van der Waals surface area contributed by atoms with E-state index in [1.807, 2.05) is 31.3 Å². The Bertz CT molecular complexity index is 828. The number of anilines is 1. The van der Waals surface area contributed by atoms with Crippen molar-refractivity contribution in [1.82, 2.24) is 10.3 Å². The fraction of sp³-hybridized carbons (Fsp3) is 0.400. The highest BCUT2D eigenvalue weighted by Crippen LogP contribution is 2.26. The van der Waals surface area contributed by atoms with Gasteiger partial charge in [-0.25, -0.2) is 9.98 Å². The van der Waals surface area contributed by atoms with Crippen LogP contribution in [-0.4, -0.2) is 36.7 Å². The number of guanidine groups is 1. The van der Waals surface area contributed by atoms with Gasteiger partial charge in [-0.05, 0) is 43.2 Å². The quantitative estimate of drug-likeness (QED) is 0.567. The second-order valence-corrected chi connectivity index (χ2v) is 7.73. The molecule has 150 valence electrons. The van der Waals surface area contributed by atoms with Crippen LogP contribution in [0.5, 0.6) is 0 Å². The van der Waals surface area contributed by atoms with Gasteiger partial charge >= 0.3 is 0 Å². The molecule has 28 heavy (non-hydrogen) atoms. The maximum atomic E-state index is 6.24. The number of ether oxygens (including phenoxy) is 1. The number of hydrogen-bond donors (Lipinski definition) is 2. The topological polar surface area (TPSA) is 75.8 Å². The smallest absolute Gasteiger partial charge is 0.189 e. The Balaban J connectivity index is 1.56. The van der Waals surface area contributed by atoms with Crippen molar-refractivity contribution >= 4 is 35.0 Å². The average molecular weight is 422 g/mol. The largest absolute Gasteiger partial charge is 0.375 e. The third kappa shape index (κ3) is 5.50. The molecule has 6 nitrogen and oxygen atoms in total. The Hall–Kier alpha value is -2.02. The number of nitrogens with zero attached hydrogens (tertiary/aromatic N) is 3. The Morgan fingerprint density at radius 1 is 1.39 bits per heavy atom. The van der Waals surface area contributed by atoms with Gasteiger partial charge in [0.25, 0.3) is 0 Å². The van der Waals surface area contributed by atoms with Crippen molar-refractivity contribution in [2.24, 2.45) is 10.7 Å². The van der Waals surface area contributed by atoms with Crippen LogP contribution in [0.4, 0.5) is 5.82 Å². The zero-order valence-electron chi connectivity index (χ0n) is 16.0. The van der Waals surface area contributed by atoms with Crippen LogP contribution in [0.1, 0.15) is 31.0 Å². The lowest BCUT2D eigenvalue weighted by Gasteiger charge is -2.32. The van der Waals surface area contributed by atoms with Gasteiger partial charge in [0.05, 0.1) is 25.3 Å². The summed E-state index contributed by atoms with van der Waals surface area (Å²) in [6.07, 6.45) is 2.06. The van der Waals surface area contributed by atoms with Gasteiger partial charge in [-0.3, -0.25) is 0 Å². The van der Waals surface area contributed by atoms with Crippen molar-refractivity contribution in [3.8, 4) is 0 Å². The summed E-state index contributed by atoms with van der Waals surface area (Å²) in [5.74, 6) is 1.31. The predicted molar refractivity (Wildman–Crippen MR) is 115 cm³/mol. The summed E-state index contributed by atoms with van der Waals surface area (Å²) < 4.78 is 5.57. The molecule has 1 aromatic carbocycles. The molecule has 3 N–H and O–H groups in total. The third-order valence-electron chi connectivity index (χ3n) is 4.60. The van der Waals surface area contributed by atoms with E-state index in [4.69, 9.17) is 33.7 Å². The van der Waals surface area contributed by atoms with E-state index in [1.54, 1.807) is 12.1 Å². The van der Waals surface area contributed by atoms with Crippen LogP contribution >= 0.6 is 23.2 Å². The molecule has 1 aromatic heterocycles. The first-order valence-corrected chi connectivity index (χ1v) is 10.0. The summed E-state index contributed by atoms with van der Waals surface area (Å²) in [5.41, 5.74) is 7.93. The van der Waals surface area contributed by atoms with Crippen LogP contribution in [-0.2, 0) is 11.3 Å². The fourth-order valence-corrected chi connectivity index (χ4v) is 3.67. The van der Waals surface area contributed by atoms with Crippen molar-refractivity contribution < 1.29 is 4.74 Å². The van der Waals surface area contributed by atoms with E-state index in [-0.39, 0.29) is 12.1 Å². The number of halogens is 2. The molecule has 1 aliphatic heterocycles. The van der Waals surface area contributed by atoms with Gasteiger partial charge in [0.15, 0.2) is 5.96 Å². The van der Waals surface area contributed by atoms with Gasteiger partial charge in [-0.1, -0.05) is 35.3 Å². The van der Waals surface area contributed by atoms with Crippen molar-refractivity contribution in [1.29, 1.82) is 0 Å². The summed E-state index contributed by atoms with van der Waals surface area (Å²) in [4.78, 5) is 11.2. The summed E-state index contributed by atoms with van der Waals surface area (Å²) in [5, 5.41) is 4.35. The van der Waals surface area contributed by atoms with Crippen molar-refractivity contribution in [3.05, 3.63) is 57.7 Å². The summed E-state index contributed by atoms with van der Waals surface area (Å²) in [6, 6.07) is 9.35. The van der Waals surface area contributed by atoms with E-state index < -0.39 is 0 Å². The first kappa shape index (κ1) is 20.7. The molecular formula is C20H25Cl2N5O. The van der Waals surface area contributed by atoms with Gasteiger partial charge in [0.1, 0.15) is 5.82 Å². The van der Waals surface area contributed by atoms with Gasteiger partial charge in [0, 0.05) is 29.3 Å². The fourth-order valence-electron chi connectivity index (χ4n) is 3.10. The first-order valence-electron chi connectivity index (χ1n) is 9.25. The highest BCUT2D eigenvalue weighted by atomic mass is 35.5. The molecule has 2 unspecified atom stereocenters. The van der Waals surface area contributed by atoms with Crippen LogP contribution in [0.15, 0.2) is 41.5 Å². The lowest BCUT2D eigenvalue weighted by molar-refractivity contribution is 0.0529. The van der Waals surface area contributed by atoms with E-state index in [2.05, 4.69) is 27.1 Å². The molecule has 1 fully saturated rings. The van der Waals surface area contributed by atoms with Crippen molar-refractivity contribution in [3.63, 3.8) is 0 Å². The number of pyridine rings is 1. The lowest BCUT2D eigenvalue weighted by Crippen LogP contribution is -2.41. The number of aliphatic imine (C=N–C) groups is 1. The van der Waals surface area contributed by atoms with Crippen molar-refractivity contribution in [2.75, 3.05) is 24.6 Å². The van der Waals surface area contributed by atoms with E-state index >= 15 is 0 Å². The van der Waals surface area contributed by atoms with Gasteiger partial charge in [-0.2, -0.15) is 0 Å². The van der Waals surface area contributed by atoms with Crippen LogP contribution in [0.25, 0.3) is 0 Å². The van der Waals surface area contributed by atoms with E-state index in [1.165, 1.54) is 0 Å². The maximum Gasteiger partial charge on any atom is 0.189 e. The molecule has 0 aliphatic carbocycles. The average Bonchev–Trinajstić information content (AvgIpc) is 2.66. The van der Waals surface area contributed by atoms with Crippen LogP contribution in [0.2, 0.25) is 10.0 Å². The molecule has 0 saturated carbocycles. The zero-order chi connectivity index (χ0) is 20.1. The summed E-state index contributed by atoms with van der Waals surface area (Å²) in [7, 11) is 0. The molecule has 2 heterocycles. The Kier molecular flexibility index (Phi) is 6.99. The molecule has 1 aliphatic rings. The van der Waals surface area contributed by atoms with Gasteiger partial charge < -0.3 is 20.7 Å². The number of nitrogens with one attached hydrogen (secondary N) is 1. The monoisotopic (exact) mass is 421 g/mol. The Labute approximate surface area is 175 Å². The molecule has 8 heteroatoms. The van der Waals surface area contributed by atoms with E-state index in [0.29, 0.717) is 22.5 Å². The van der Waals surface area contributed by atoms with Crippen molar-refractivity contribution in [2.45, 2.75) is 32.5 Å². The Morgan fingerprint density at radius 2 is 2.21 bits per heavy atom. The molecule has 0 amide bonds. The number of hydrogen-bond acceptors (Lipinski definition) is 4. The molecule has 1 saturated heterocycles. The number of benzene rings is 1. The number of morpholine rings is 1. The second-order valence-electron chi connectivity index (χ2n) is 6.89. The molecule has 2 atom stereocenters. The van der Waals surface area contributed by atoms with Gasteiger partial charge in [-0.15, -0.1) is 0 Å². The van der Waals surface area contributed by atoms with Gasteiger partial charge in [0.2, 0.25) is 0 Å². The maximum absolute atomic E-state index is 6.24. The van der Waals surface area contributed by atoms with Crippen LogP contribution in [0.3, 0.4) is 0 Å². The molecule has 3 rings (SSSR count). The van der Waals surface area contributed by atoms with E-state index in [0.717, 1.165) is 36.6 Å². The number of rotatable bonds is 5. The highest BCUT2D eigenvalue weighted by Gasteiger charge is 2.17. The number of aromatic nitrogens is 1. The third-order valence-corrected chi connectivity index (χ3v) is 5.16. The SMILES string of the molecule is CC1CN(c2ccc(CN=C(N)NC(C)c3ccc(Cl)cc3Cl)cn2)CCO1. The normalized spacial score (nSPS) is 18.8. The first-order chi connectivity index (χ1) is 13.4. The van der Waals surface area contributed by atoms with Crippen LogP contribution in [0, 0.1) is 0 Å². The number of nitrogens with two attached hydrogens (primary N) is 1. The predicted octanol–water partition coefficient (Wildman–Crippen LogP) is 3.78. The standard InChI is InChI=1S/C20H25Cl2N5O/c1-13-12-27(7-8-28-13)19-6-3-15(10-24-19)11-25-20(23)26-14(2)17-5-4-16(21)9-18(17)22/h3-6,9-10,13-14H,7-8,11-12H2,1-2H3,(H3,23,25,26). The lowest BCUT2D eigenvalue weighted by atomic mass is 10.1.